The van der Waals surface area contributed by atoms with E-state index in [0.717, 1.165) is 0 Å². The lowest BCUT2D eigenvalue weighted by Crippen LogP contribution is -2.31. The molecule has 0 aliphatic heterocycles. The summed E-state index contributed by atoms with van der Waals surface area (Å²) in [5.74, 6) is 0. The van der Waals surface area contributed by atoms with E-state index in [1.807, 2.05) is 30.3 Å². The van der Waals surface area contributed by atoms with Crippen LogP contribution < -0.4 is 10.2 Å². The van der Waals surface area contributed by atoms with Crippen LogP contribution in [0.5, 0.6) is 0 Å². The maximum Gasteiger partial charge on any atom is 0.326 e. The Morgan fingerprint density at radius 1 is 1.11 bits per heavy atom. The topological polar surface area (TPSA) is 56.1 Å². The number of anilines is 2. The molecule has 0 aliphatic carbocycles. The molecule has 2 rings (SSSR count). The Hall–Kier alpha value is -2.80. The summed E-state index contributed by atoms with van der Waals surface area (Å²) in [6.45, 7) is 0. The number of rotatable bonds is 2. The summed E-state index contributed by atoms with van der Waals surface area (Å²) in [4.78, 5) is 13.5. The predicted molar refractivity (Wildman–Crippen MR) is 75.0 cm³/mol. The number of carbonyl (C=O) groups excluding carboxylic acids is 1. The lowest BCUT2D eigenvalue weighted by atomic mass is 10.2. The van der Waals surface area contributed by atoms with Crippen LogP contribution in [0.2, 0.25) is 0 Å². The maximum absolute atomic E-state index is 12.1. The van der Waals surface area contributed by atoms with E-state index in [-0.39, 0.29) is 6.03 Å². The third-order valence-electron chi connectivity index (χ3n) is 2.72. The molecule has 0 atom stereocenters. The second-order valence-corrected chi connectivity index (χ2v) is 3.98. The van der Waals surface area contributed by atoms with Crippen LogP contribution in [0.4, 0.5) is 16.2 Å². The lowest BCUT2D eigenvalue weighted by Gasteiger charge is -2.19. The van der Waals surface area contributed by atoms with Gasteiger partial charge in [-0.1, -0.05) is 30.3 Å². The predicted octanol–water partition coefficient (Wildman–Crippen LogP) is 3.23. The SMILES string of the molecule is CN(C(=O)Nc1ccccc1)c1ccccc1C#N. The van der Waals surface area contributed by atoms with Crippen LogP contribution in [0.3, 0.4) is 0 Å². The molecule has 4 nitrogen and oxygen atoms in total. The summed E-state index contributed by atoms with van der Waals surface area (Å²) in [5.41, 5.74) is 1.76. The highest BCUT2D eigenvalue weighted by atomic mass is 16.2. The van der Waals surface area contributed by atoms with Gasteiger partial charge >= 0.3 is 6.03 Å². The van der Waals surface area contributed by atoms with Crippen molar-refractivity contribution in [3.63, 3.8) is 0 Å². The number of benzene rings is 2. The van der Waals surface area contributed by atoms with Gasteiger partial charge in [0.2, 0.25) is 0 Å². The van der Waals surface area contributed by atoms with Crippen molar-refractivity contribution in [1.29, 1.82) is 5.26 Å². The third kappa shape index (κ3) is 2.90. The van der Waals surface area contributed by atoms with E-state index in [0.29, 0.717) is 16.9 Å². The Balaban J connectivity index is 2.18. The average Bonchev–Trinajstić information content (AvgIpc) is 2.47. The van der Waals surface area contributed by atoms with E-state index >= 15 is 0 Å². The number of nitriles is 1. The molecule has 0 fully saturated rings. The van der Waals surface area contributed by atoms with Crippen molar-refractivity contribution in [2.75, 3.05) is 17.3 Å². The Morgan fingerprint density at radius 2 is 1.74 bits per heavy atom. The van der Waals surface area contributed by atoms with Crippen molar-refractivity contribution < 1.29 is 4.79 Å². The summed E-state index contributed by atoms with van der Waals surface area (Å²) < 4.78 is 0. The molecule has 0 spiro atoms. The van der Waals surface area contributed by atoms with E-state index < -0.39 is 0 Å². The Bertz CT molecular complexity index is 617. The minimum atomic E-state index is -0.283. The molecule has 0 aliphatic rings. The number of nitrogens with zero attached hydrogens (tertiary/aromatic N) is 2. The van der Waals surface area contributed by atoms with E-state index in [1.165, 1.54) is 4.90 Å². The zero-order valence-electron chi connectivity index (χ0n) is 10.5. The molecule has 2 amide bonds. The fourth-order valence-corrected chi connectivity index (χ4v) is 1.70. The summed E-state index contributed by atoms with van der Waals surface area (Å²) in [7, 11) is 1.63. The first-order chi connectivity index (χ1) is 9.22. The smallest absolute Gasteiger partial charge is 0.308 e. The molecule has 94 valence electrons. The molecule has 0 heterocycles. The molecule has 0 saturated carbocycles. The zero-order chi connectivity index (χ0) is 13.7. The van der Waals surface area contributed by atoms with Gasteiger partial charge in [0.15, 0.2) is 0 Å². The second-order valence-electron chi connectivity index (χ2n) is 3.98. The van der Waals surface area contributed by atoms with Crippen LogP contribution in [-0.2, 0) is 0 Å². The number of urea groups is 1. The molecule has 4 heteroatoms. The molecule has 2 aromatic rings. The highest BCUT2D eigenvalue weighted by Gasteiger charge is 2.13. The molecule has 0 radical (unpaired) electrons. The van der Waals surface area contributed by atoms with Crippen LogP contribution in [0.15, 0.2) is 54.6 Å². The number of nitrogens with one attached hydrogen (secondary N) is 1. The highest BCUT2D eigenvalue weighted by Crippen LogP contribution is 2.19. The van der Waals surface area contributed by atoms with Gasteiger partial charge in [0.05, 0.1) is 11.3 Å². The van der Waals surface area contributed by atoms with Gasteiger partial charge in [-0.15, -0.1) is 0 Å². The van der Waals surface area contributed by atoms with Gasteiger partial charge in [-0.05, 0) is 24.3 Å². The van der Waals surface area contributed by atoms with Crippen molar-refractivity contribution in [2.24, 2.45) is 0 Å². The van der Waals surface area contributed by atoms with Crippen molar-refractivity contribution >= 4 is 17.4 Å². The van der Waals surface area contributed by atoms with Gasteiger partial charge in [0, 0.05) is 12.7 Å². The third-order valence-corrected chi connectivity index (χ3v) is 2.72. The first-order valence-corrected chi connectivity index (χ1v) is 5.81. The number of hydrogen-bond donors (Lipinski definition) is 1. The molecular formula is C15H13N3O. The van der Waals surface area contributed by atoms with Crippen molar-refractivity contribution in [2.45, 2.75) is 0 Å². The van der Waals surface area contributed by atoms with Crippen molar-refractivity contribution in [3.05, 3.63) is 60.2 Å². The Morgan fingerprint density at radius 3 is 2.42 bits per heavy atom. The maximum atomic E-state index is 12.1. The van der Waals surface area contributed by atoms with Gasteiger partial charge in [-0.2, -0.15) is 5.26 Å². The molecule has 19 heavy (non-hydrogen) atoms. The van der Waals surface area contributed by atoms with Crippen LogP contribution >= 0.6 is 0 Å². The Labute approximate surface area is 111 Å². The summed E-state index contributed by atoms with van der Waals surface area (Å²) in [5, 5.41) is 11.8. The van der Waals surface area contributed by atoms with Crippen LogP contribution in [0.25, 0.3) is 0 Å². The highest BCUT2D eigenvalue weighted by molar-refractivity contribution is 6.02. The fourth-order valence-electron chi connectivity index (χ4n) is 1.70. The Kier molecular flexibility index (Phi) is 3.79. The largest absolute Gasteiger partial charge is 0.326 e. The van der Waals surface area contributed by atoms with Gasteiger partial charge in [-0.25, -0.2) is 4.79 Å². The van der Waals surface area contributed by atoms with Gasteiger partial charge in [-0.3, -0.25) is 4.90 Å². The summed E-state index contributed by atoms with van der Waals surface area (Å²) >= 11 is 0. The van der Waals surface area contributed by atoms with Crippen molar-refractivity contribution in [1.82, 2.24) is 0 Å². The van der Waals surface area contributed by atoms with Gasteiger partial charge in [0.25, 0.3) is 0 Å². The van der Waals surface area contributed by atoms with Crippen LogP contribution in [0, 0.1) is 11.3 Å². The lowest BCUT2D eigenvalue weighted by molar-refractivity contribution is 0.258. The van der Waals surface area contributed by atoms with E-state index in [2.05, 4.69) is 11.4 Å². The monoisotopic (exact) mass is 251 g/mol. The minimum Gasteiger partial charge on any atom is -0.308 e. The van der Waals surface area contributed by atoms with Crippen LogP contribution in [-0.4, -0.2) is 13.1 Å². The normalized spacial score (nSPS) is 9.47. The van der Waals surface area contributed by atoms with Gasteiger partial charge < -0.3 is 5.32 Å². The van der Waals surface area contributed by atoms with Crippen molar-refractivity contribution in [3.8, 4) is 6.07 Å². The molecule has 0 bridgehead atoms. The standard InChI is InChI=1S/C15H13N3O/c1-18(14-10-6-5-7-12(14)11-16)15(19)17-13-8-3-2-4-9-13/h2-10H,1H3,(H,17,19). The van der Waals surface area contributed by atoms with E-state index in [9.17, 15) is 4.79 Å². The van der Waals surface area contributed by atoms with Gasteiger partial charge in [0.1, 0.15) is 6.07 Å². The number of hydrogen-bond acceptors (Lipinski definition) is 2. The van der Waals surface area contributed by atoms with E-state index in [4.69, 9.17) is 5.26 Å². The number of carbonyl (C=O) groups is 1. The molecule has 0 unspecified atom stereocenters. The molecule has 0 aromatic heterocycles. The number of amides is 2. The number of para-hydroxylation sites is 2. The molecular weight excluding hydrogens is 238 g/mol. The minimum absolute atomic E-state index is 0.283. The summed E-state index contributed by atoms with van der Waals surface area (Å²) in [6.07, 6.45) is 0. The fraction of sp³-hybridized carbons (Fsp3) is 0.0667. The molecule has 2 aromatic carbocycles. The summed E-state index contributed by atoms with van der Waals surface area (Å²) in [6, 6.07) is 18.0. The first kappa shape index (κ1) is 12.7. The average molecular weight is 251 g/mol. The van der Waals surface area contributed by atoms with E-state index in [1.54, 1.807) is 31.3 Å². The zero-order valence-corrected chi connectivity index (χ0v) is 10.5. The second kappa shape index (κ2) is 5.69. The first-order valence-electron chi connectivity index (χ1n) is 5.81. The quantitative estimate of drug-likeness (QED) is 0.890. The molecule has 0 saturated heterocycles. The molecule has 1 N–H and O–H groups in total. The van der Waals surface area contributed by atoms with Crippen LogP contribution in [0.1, 0.15) is 5.56 Å².